The molecule has 5 heteroatoms. The molecule has 2 rings (SSSR count). The van der Waals surface area contributed by atoms with Gasteiger partial charge in [-0.1, -0.05) is 29.3 Å². The zero-order chi connectivity index (χ0) is 13.0. The van der Waals surface area contributed by atoms with Crippen molar-refractivity contribution < 1.29 is 4.79 Å². The lowest BCUT2D eigenvalue weighted by molar-refractivity contribution is -0.117. The lowest BCUT2D eigenvalue weighted by atomic mass is 9.94. The highest BCUT2D eigenvalue weighted by Crippen LogP contribution is 2.30. The highest BCUT2D eigenvalue weighted by Gasteiger charge is 2.17. The second kappa shape index (κ2) is 6.41. The average molecular weight is 287 g/mol. The standard InChI is InChI=1S/C13H16Cl2N2O/c14-10-2-1-3-11(13(10)15)17-12(18)8-9-4-6-16-7-5-9/h1-3,9,16H,4-8H2,(H,17,18). The maximum atomic E-state index is 11.9. The Balaban J connectivity index is 1.92. The van der Waals surface area contributed by atoms with E-state index in [0.717, 1.165) is 25.9 Å². The molecule has 1 aromatic carbocycles. The van der Waals surface area contributed by atoms with E-state index in [9.17, 15) is 4.79 Å². The molecule has 0 aromatic heterocycles. The van der Waals surface area contributed by atoms with E-state index in [2.05, 4.69) is 10.6 Å². The van der Waals surface area contributed by atoms with Gasteiger partial charge in [0.2, 0.25) is 5.91 Å². The van der Waals surface area contributed by atoms with Gasteiger partial charge in [0.25, 0.3) is 0 Å². The Kier molecular flexibility index (Phi) is 4.87. The highest BCUT2D eigenvalue weighted by molar-refractivity contribution is 6.43. The molecule has 0 radical (unpaired) electrons. The van der Waals surface area contributed by atoms with Gasteiger partial charge in [-0.2, -0.15) is 0 Å². The predicted molar refractivity (Wildman–Crippen MR) is 75.3 cm³/mol. The largest absolute Gasteiger partial charge is 0.325 e. The van der Waals surface area contributed by atoms with E-state index in [1.165, 1.54) is 0 Å². The fourth-order valence-electron chi connectivity index (χ4n) is 2.15. The monoisotopic (exact) mass is 286 g/mol. The van der Waals surface area contributed by atoms with Gasteiger partial charge in [0, 0.05) is 6.42 Å². The number of benzene rings is 1. The molecule has 0 aliphatic carbocycles. The molecule has 2 N–H and O–H groups in total. The third-order valence-electron chi connectivity index (χ3n) is 3.16. The third kappa shape index (κ3) is 3.61. The van der Waals surface area contributed by atoms with Gasteiger partial charge in [-0.05, 0) is 44.0 Å². The maximum absolute atomic E-state index is 11.9. The maximum Gasteiger partial charge on any atom is 0.224 e. The van der Waals surface area contributed by atoms with Crippen LogP contribution in [-0.4, -0.2) is 19.0 Å². The summed E-state index contributed by atoms with van der Waals surface area (Å²) in [5.74, 6) is 0.468. The number of carbonyl (C=O) groups is 1. The van der Waals surface area contributed by atoms with Gasteiger partial charge in [0.1, 0.15) is 0 Å². The first-order chi connectivity index (χ1) is 8.66. The molecule has 1 heterocycles. The van der Waals surface area contributed by atoms with Crippen LogP contribution in [0.2, 0.25) is 10.0 Å². The fourth-order valence-corrected chi connectivity index (χ4v) is 2.50. The molecule has 1 aliphatic heterocycles. The van der Waals surface area contributed by atoms with Gasteiger partial charge in [-0.3, -0.25) is 4.79 Å². The van der Waals surface area contributed by atoms with Gasteiger partial charge < -0.3 is 10.6 Å². The zero-order valence-corrected chi connectivity index (χ0v) is 11.5. The van der Waals surface area contributed by atoms with Crippen LogP contribution in [0.5, 0.6) is 0 Å². The van der Waals surface area contributed by atoms with Crippen molar-refractivity contribution in [2.45, 2.75) is 19.3 Å². The second-order valence-corrected chi connectivity index (χ2v) is 5.33. The smallest absolute Gasteiger partial charge is 0.224 e. The molecule has 1 aliphatic rings. The summed E-state index contributed by atoms with van der Waals surface area (Å²) < 4.78 is 0. The van der Waals surface area contributed by atoms with Crippen LogP contribution in [0.25, 0.3) is 0 Å². The van der Waals surface area contributed by atoms with Gasteiger partial charge in [-0.25, -0.2) is 0 Å². The summed E-state index contributed by atoms with van der Waals surface area (Å²) in [6, 6.07) is 5.23. The number of hydrogen-bond acceptors (Lipinski definition) is 2. The summed E-state index contributed by atoms with van der Waals surface area (Å²) in [5, 5.41) is 6.96. The van der Waals surface area contributed by atoms with Gasteiger partial charge in [-0.15, -0.1) is 0 Å². The van der Waals surface area contributed by atoms with Crippen molar-refractivity contribution in [1.29, 1.82) is 0 Å². The first-order valence-corrected chi connectivity index (χ1v) is 6.87. The molecular formula is C13H16Cl2N2O. The Bertz CT molecular complexity index is 431. The molecule has 98 valence electrons. The van der Waals surface area contributed by atoms with Crippen LogP contribution in [0.1, 0.15) is 19.3 Å². The van der Waals surface area contributed by atoms with Crippen molar-refractivity contribution in [1.82, 2.24) is 5.32 Å². The van der Waals surface area contributed by atoms with Crippen molar-refractivity contribution >= 4 is 34.8 Å². The van der Waals surface area contributed by atoms with E-state index in [1.54, 1.807) is 18.2 Å². The molecule has 0 bridgehead atoms. The van der Waals surface area contributed by atoms with E-state index < -0.39 is 0 Å². The molecule has 1 fully saturated rings. The second-order valence-electron chi connectivity index (χ2n) is 4.55. The molecule has 0 saturated carbocycles. The summed E-state index contributed by atoms with van der Waals surface area (Å²) in [4.78, 5) is 11.9. The van der Waals surface area contributed by atoms with Gasteiger partial charge in [0.15, 0.2) is 0 Å². The van der Waals surface area contributed by atoms with Crippen molar-refractivity contribution in [2.75, 3.05) is 18.4 Å². The lowest BCUT2D eigenvalue weighted by Crippen LogP contribution is -2.30. The molecule has 1 aromatic rings. The molecule has 3 nitrogen and oxygen atoms in total. The Morgan fingerprint density at radius 2 is 2.06 bits per heavy atom. The fraction of sp³-hybridized carbons (Fsp3) is 0.462. The van der Waals surface area contributed by atoms with Crippen LogP contribution < -0.4 is 10.6 Å². The van der Waals surface area contributed by atoms with E-state index in [0.29, 0.717) is 28.1 Å². The predicted octanol–water partition coefficient (Wildman–Crippen LogP) is 3.32. The summed E-state index contributed by atoms with van der Waals surface area (Å²) in [5.41, 5.74) is 0.586. The van der Waals surface area contributed by atoms with Crippen molar-refractivity contribution in [2.24, 2.45) is 5.92 Å². The van der Waals surface area contributed by atoms with E-state index in [-0.39, 0.29) is 5.91 Å². The number of rotatable bonds is 3. The first kappa shape index (κ1) is 13.7. The number of nitrogens with one attached hydrogen (secondary N) is 2. The lowest BCUT2D eigenvalue weighted by Gasteiger charge is -2.22. The average Bonchev–Trinajstić information content (AvgIpc) is 2.36. The van der Waals surface area contributed by atoms with Crippen LogP contribution in [0.3, 0.4) is 0 Å². The van der Waals surface area contributed by atoms with Crippen molar-refractivity contribution in [3.63, 3.8) is 0 Å². The molecule has 18 heavy (non-hydrogen) atoms. The third-order valence-corrected chi connectivity index (χ3v) is 3.98. The van der Waals surface area contributed by atoms with Crippen molar-refractivity contribution in [3.8, 4) is 0 Å². The number of anilines is 1. The molecule has 1 saturated heterocycles. The van der Waals surface area contributed by atoms with Crippen LogP contribution in [0, 0.1) is 5.92 Å². The van der Waals surface area contributed by atoms with Crippen LogP contribution in [0.4, 0.5) is 5.69 Å². The minimum absolute atomic E-state index is 0.00562. The van der Waals surface area contributed by atoms with E-state index in [4.69, 9.17) is 23.2 Å². The number of carbonyl (C=O) groups excluding carboxylic acids is 1. The highest BCUT2D eigenvalue weighted by atomic mass is 35.5. The number of piperidine rings is 1. The van der Waals surface area contributed by atoms with Crippen LogP contribution >= 0.6 is 23.2 Å². The SMILES string of the molecule is O=C(CC1CCNCC1)Nc1cccc(Cl)c1Cl. The quantitative estimate of drug-likeness (QED) is 0.895. The summed E-state index contributed by atoms with van der Waals surface area (Å²) in [6.07, 6.45) is 2.65. The van der Waals surface area contributed by atoms with Gasteiger partial charge in [0.05, 0.1) is 15.7 Å². The minimum atomic E-state index is 0.00562. The summed E-state index contributed by atoms with van der Waals surface area (Å²) >= 11 is 11.9. The van der Waals surface area contributed by atoms with E-state index in [1.807, 2.05) is 0 Å². The molecule has 0 spiro atoms. The Morgan fingerprint density at radius 1 is 1.33 bits per heavy atom. The summed E-state index contributed by atoms with van der Waals surface area (Å²) in [6.45, 7) is 1.99. The Labute approximate surface area is 117 Å². The molecule has 1 amide bonds. The zero-order valence-electron chi connectivity index (χ0n) is 10.0. The van der Waals surface area contributed by atoms with E-state index >= 15 is 0 Å². The molecule has 0 unspecified atom stereocenters. The number of hydrogen-bond donors (Lipinski definition) is 2. The number of amides is 1. The van der Waals surface area contributed by atoms with Crippen molar-refractivity contribution in [3.05, 3.63) is 28.2 Å². The molecular weight excluding hydrogens is 271 g/mol. The Hall–Kier alpha value is -0.770. The van der Waals surface area contributed by atoms with Gasteiger partial charge >= 0.3 is 0 Å². The molecule has 0 atom stereocenters. The first-order valence-electron chi connectivity index (χ1n) is 6.11. The minimum Gasteiger partial charge on any atom is -0.325 e. The summed E-state index contributed by atoms with van der Waals surface area (Å²) in [7, 11) is 0. The topological polar surface area (TPSA) is 41.1 Å². The Morgan fingerprint density at radius 3 is 2.78 bits per heavy atom. The van der Waals surface area contributed by atoms with Crippen LogP contribution in [-0.2, 0) is 4.79 Å². The normalized spacial score (nSPS) is 16.6. The number of halogens is 2. The van der Waals surface area contributed by atoms with Crippen LogP contribution in [0.15, 0.2) is 18.2 Å².